The van der Waals surface area contributed by atoms with E-state index >= 15 is 0 Å². The second-order valence-electron chi connectivity index (χ2n) is 4.63. The summed E-state index contributed by atoms with van der Waals surface area (Å²) < 4.78 is 18.1. The number of ether oxygens (including phenoxy) is 1. The van der Waals surface area contributed by atoms with E-state index in [1.54, 1.807) is 12.0 Å². The molecule has 0 aliphatic rings. The van der Waals surface area contributed by atoms with E-state index in [0.29, 0.717) is 25.6 Å². The van der Waals surface area contributed by atoms with E-state index in [-0.39, 0.29) is 16.6 Å². The molecular weight excluding hydrogens is 271 g/mol. The van der Waals surface area contributed by atoms with Crippen LogP contribution >= 0.6 is 11.6 Å². The van der Waals surface area contributed by atoms with Crippen molar-refractivity contribution in [3.8, 4) is 0 Å². The summed E-state index contributed by atoms with van der Waals surface area (Å²) in [6.45, 7) is 5.39. The largest absolute Gasteiger partial charge is 0.383 e. The lowest BCUT2D eigenvalue weighted by molar-refractivity contribution is 0.0671. The maximum Gasteiger partial charge on any atom is 0.257 e. The van der Waals surface area contributed by atoms with Gasteiger partial charge in [-0.05, 0) is 12.0 Å². The van der Waals surface area contributed by atoms with Crippen LogP contribution in [-0.2, 0) is 4.74 Å². The second-order valence-corrected chi connectivity index (χ2v) is 4.99. The predicted octanol–water partition coefficient (Wildman–Crippen LogP) is 2.62. The molecule has 0 unspecified atom stereocenters. The molecule has 0 aromatic carbocycles. The second kappa shape index (κ2) is 7.40. The van der Waals surface area contributed by atoms with Crippen LogP contribution in [0.4, 0.5) is 4.39 Å². The van der Waals surface area contributed by atoms with Gasteiger partial charge in [0.15, 0.2) is 0 Å². The van der Waals surface area contributed by atoms with E-state index in [2.05, 4.69) is 4.98 Å². The van der Waals surface area contributed by atoms with Crippen LogP contribution in [0.2, 0.25) is 5.15 Å². The van der Waals surface area contributed by atoms with Crippen molar-refractivity contribution in [1.82, 2.24) is 9.88 Å². The van der Waals surface area contributed by atoms with Crippen LogP contribution in [0.1, 0.15) is 24.2 Å². The summed E-state index contributed by atoms with van der Waals surface area (Å²) in [5.74, 6) is -0.618. The molecule has 0 saturated heterocycles. The summed E-state index contributed by atoms with van der Waals surface area (Å²) in [5.41, 5.74) is 0.0819. The highest BCUT2D eigenvalue weighted by molar-refractivity contribution is 6.32. The Labute approximate surface area is 117 Å². The van der Waals surface area contributed by atoms with Gasteiger partial charge in [0, 0.05) is 20.2 Å². The maximum atomic E-state index is 13.2. The standard InChI is InChI=1S/C13H18ClFN2O2/c1-9(2)8-17(4-5-19-3)13(18)11-6-10(15)7-16-12(11)14/h6-7,9H,4-5,8H2,1-3H3. The van der Waals surface area contributed by atoms with Crippen molar-refractivity contribution >= 4 is 17.5 Å². The molecule has 106 valence electrons. The number of carbonyl (C=O) groups is 1. The Hall–Kier alpha value is -1.20. The lowest BCUT2D eigenvalue weighted by Crippen LogP contribution is -2.37. The smallest absolute Gasteiger partial charge is 0.257 e. The van der Waals surface area contributed by atoms with Crippen molar-refractivity contribution in [1.29, 1.82) is 0 Å². The number of nitrogens with zero attached hydrogens (tertiary/aromatic N) is 2. The van der Waals surface area contributed by atoms with Crippen LogP contribution in [0, 0.1) is 11.7 Å². The van der Waals surface area contributed by atoms with E-state index in [0.717, 1.165) is 12.3 Å². The fourth-order valence-corrected chi connectivity index (χ4v) is 1.85. The van der Waals surface area contributed by atoms with Crippen molar-refractivity contribution < 1.29 is 13.9 Å². The molecule has 1 aromatic heterocycles. The molecule has 0 aliphatic carbocycles. The van der Waals surface area contributed by atoms with Gasteiger partial charge in [-0.1, -0.05) is 25.4 Å². The summed E-state index contributed by atoms with van der Waals surface area (Å²) >= 11 is 5.85. The predicted molar refractivity (Wildman–Crippen MR) is 71.8 cm³/mol. The molecule has 4 nitrogen and oxygen atoms in total. The van der Waals surface area contributed by atoms with Crippen LogP contribution in [0.25, 0.3) is 0 Å². The number of hydrogen-bond donors (Lipinski definition) is 0. The monoisotopic (exact) mass is 288 g/mol. The summed E-state index contributed by atoms with van der Waals surface area (Å²) in [6.07, 6.45) is 0.987. The fourth-order valence-electron chi connectivity index (χ4n) is 1.66. The number of rotatable bonds is 6. The topological polar surface area (TPSA) is 42.4 Å². The molecule has 0 atom stereocenters. The van der Waals surface area contributed by atoms with Gasteiger partial charge in [-0.2, -0.15) is 0 Å². The number of pyridine rings is 1. The van der Waals surface area contributed by atoms with E-state index in [1.807, 2.05) is 13.8 Å². The van der Waals surface area contributed by atoms with Crippen molar-refractivity contribution in [3.63, 3.8) is 0 Å². The van der Waals surface area contributed by atoms with Gasteiger partial charge >= 0.3 is 0 Å². The number of hydrogen-bond acceptors (Lipinski definition) is 3. The molecule has 0 N–H and O–H groups in total. The van der Waals surface area contributed by atoms with Gasteiger partial charge in [-0.3, -0.25) is 4.79 Å². The average molecular weight is 289 g/mol. The Morgan fingerprint density at radius 1 is 1.58 bits per heavy atom. The minimum atomic E-state index is -0.580. The first kappa shape index (κ1) is 15.9. The quantitative estimate of drug-likeness (QED) is 0.756. The first-order valence-electron chi connectivity index (χ1n) is 6.05. The zero-order valence-electron chi connectivity index (χ0n) is 11.3. The van der Waals surface area contributed by atoms with Gasteiger partial charge in [-0.25, -0.2) is 9.37 Å². The van der Waals surface area contributed by atoms with E-state index < -0.39 is 5.82 Å². The Morgan fingerprint density at radius 2 is 2.26 bits per heavy atom. The Kier molecular flexibility index (Phi) is 6.18. The summed E-state index contributed by atoms with van der Waals surface area (Å²) in [6, 6.07) is 1.11. The summed E-state index contributed by atoms with van der Waals surface area (Å²) in [7, 11) is 1.56. The molecule has 0 radical (unpaired) electrons. The zero-order valence-corrected chi connectivity index (χ0v) is 12.1. The van der Waals surface area contributed by atoms with Gasteiger partial charge in [-0.15, -0.1) is 0 Å². The van der Waals surface area contributed by atoms with Gasteiger partial charge in [0.05, 0.1) is 18.4 Å². The molecule has 1 aromatic rings. The van der Waals surface area contributed by atoms with Crippen LogP contribution in [-0.4, -0.2) is 42.6 Å². The molecule has 0 fully saturated rings. The van der Waals surface area contributed by atoms with Gasteiger partial charge < -0.3 is 9.64 Å². The molecule has 0 aliphatic heterocycles. The molecule has 19 heavy (non-hydrogen) atoms. The minimum absolute atomic E-state index is 0.0116. The number of carbonyl (C=O) groups excluding carboxylic acids is 1. The number of methoxy groups -OCH3 is 1. The normalized spacial score (nSPS) is 10.8. The lowest BCUT2D eigenvalue weighted by Gasteiger charge is -2.24. The summed E-state index contributed by atoms with van der Waals surface area (Å²) in [4.78, 5) is 17.6. The SMILES string of the molecule is COCCN(CC(C)C)C(=O)c1cc(F)cnc1Cl. The molecular formula is C13H18ClFN2O2. The first-order valence-corrected chi connectivity index (χ1v) is 6.42. The van der Waals surface area contributed by atoms with Crippen molar-refractivity contribution in [2.75, 3.05) is 26.8 Å². The molecule has 6 heteroatoms. The van der Waals surface area contributed by atoms with Crippen LogP contribution < -0.4 is 0 Å². The zero-order chi connectivity index (χ0) is 14.4. The lowest BCUT2D eigenvalue weighted by atomic mass is 10.1. The average Bonchev–Trinajstić information content (AvgIpc) is 2.36. The van der Waals surface area contributed by atoms with Crippen molar-refractivity contribution in [2.45, 2.75) is 13.8 Å². The number of amides is 1. The van der Waals surface area contributed by atoms with Gasteiger partial charge in [0.25, 0.3) is 5.91 Å². The molecule has 1 rings (SSSR count). The Bertz CT molecular complexity index is 441. The maximum absolute atomic E-state index is 13.2. The van der Waals surface area contributed by atoms with E-state index in [1.165, 1.54) is 0 Å². The van der Waals surface area contributed by atoms with Crippen molar-refractivity contribution in [3.05, 3.63) is 28.8 Å². The van der Waals surface area contributed by atoms with Crippen molar-refractivity contribution in [2.24, 2.45) is 5.92 Å². The van der Waals surface area contributed by atoms with Crippen LogP contribution in [0.5, 0.6) is 0 Å². The third-order valence-corrected chi connectivity index (χ3v) is 2.78. The van der Waals surface area contributed by atoms with E-state index in [9.17, 15) is 9.18 Å². The van der Waals surface area contributed by atoms with Crippen LogP contribution in [0.15, 0.2) is 12.3 Å². The number of halogens is 2. The van der Waals surface area contributed by atoms with Gasteiger partial charge in [0.1, 0.15) is 11.0 Å². The van der Waals surface area contributed by atoms with Gasteiger partial charge in [0.2, 0.25) is 0 Å². The molecule has 0 saturated carbocycles. The Morgan fingerprint density at radius 3 is 2.84 bits per heavy atom. The third kappa shape index (κ3) is 4.76. The minimum Gasteiger partial charge on any atom is -0.383 e. The summed E-state index contributed by atoms with van der Waals surface area (Å²) in [5, 5.41) is 0.0116. The first-order chi connectivity index (χ1) is 8.95. The third-order valence-electron chi connectivity index (χ3n) is 2.47. The fraction of sp³-hybridized carbons (Fsp3) is 0.538. The Balaban J connectivity index is 2.93. The highest BCUT2D eigenvalue weighted by Crippen LogP contribution is 2.17. The number of aromatic nitrogens is 1. The molecule has 0 bridgehead atoms. The molecule has 1 amide bonds. The highest BCUT2D eigenvalue weighted by atomic mass is 35.5. The highest BCUT2D eigenvalue weighted by Gasteiger charge is 2.20. The molecule has 1 heterocycles. The van der Waals surface area contributed by atoms with E-state index in [4.69, 9.17) is 16.3 Å². The van der Waals surface area contributed by atoms with Crippen LogP contribution in [0.3, 0.4) is 0 Å². The molecule has 0 spiro atoms.